The Kier molecular flexibility index (Phi) is 6.20. The van der Waals surface area contributed by atoms with Crippen molar-refractivity contribution in [2.45, 2.75) is 18.7 Å². The third kappa shape index (κ3) is 5.34. The van der Waals surface area contributed by atoms with Crippen molar-refractivity contribution in [1.82, 2.24) is 9.97 Å². The highest BCUT2D eigenvalue weighted by molar-refractivity contribution is 7.90. The zero-order chi connectivity index (χ0) is 21.0. The third-order valence-corrected chi connectivity index (χ3v) is 6.20. The number of carbonyl (C=O) groups excluding carboxylic acids is 1. The van der Waals surface area contributed by atoms with E-state index >= 15 is 0 Å². The van der Waals surface area contributed by atoms with Crippen molar-refractivity contribution >= 4 is 37.2 Å². The molecule has 7 heteroatoms. The van der Waals surface area contributed by atoms with E-state index in [1.54, 1.807) is 54.1 Å². The second-order valence-electron chi connectivity index (χ2n) is 6.51. The van der Waals surface area contributed by atoms with Crippen molar-refractivity contribution in [2.24, 2.45) is 0 Å². The molecule has 4 aromatic rings. The number of Topliss-reactive ketones (excluding diaryl/α,β-unsaturated/α-hetero) is 1. The minimum Gasteiger partial charge on any atom is -0.294 e. The van der Waals surface area contributed by atoms with Crippen LogP contribution in [0.3, 0.4) is 0 Å². The van der Waals surface area contributed by atoms with Gasteiger partial charge in [0, 0.05) is 24.2 Å². The number of aromatic nitrogens is 2. The SMILES string of the molecule is CC(=O)c1cccnc1.Cc1nc2ccc(-c3cccc(S(C)(=O)=O)c3)cc2s1. The number of rotatable bonds is 3. The molecule has 0 saturated heterocycles. The highest BCUT2D eigenvalue weighted by Crippen LogP contribution is 2.29. The van der Waals surface area contributed by atoms with Crippen LogP contribution in [0.15, 0.2) is 71.9 Å². The van der Waals surface area contributed by atoms with Gasteiger partial charge in [-0.05, 0) is 61.4 Å². The number of sulfone groups is 1. The second kappa shape index (κ2) is 8.63. The predicted molar refractivity (Wildman–Crippen MR) is 117 cm³/mol. The van der Waals surface area contributed by atoms with Crippen LogP contribution in [0, 0.1) is 6.92 Å². The summed E-state index contributed by atoms with van der Waals surface area (Å²) in [5, 5.41) is 1.03. The molecule has 148 valence electrons. The Morgan fingerprint density at radius 3 is 2.38 bits per heavy atom. The first-order valence-electron chi connectivity index (χ1n) is 8.83. The zero-order valence-corrected chi connectivity index (χ0v) is 17.9. The maximum atomic E-state index is 11.6. The number of aryl methyl sites for hydroxylation is 1. The molecule has 0 atom stereocenters. The first-order valence-corrected chi connectivity index (χ1v) is 11.5. The lowest BCUT2D eigenvalue weighted by Gasteiger charge is -2.04. The largest absolute Gasteiger partial charge is 0.294 e. The monoisotopic (exact) mass is 424 g/mol. The van der Waals surface area contributed by atoms with Crippen LogP contribution >= 0.6 is 11.3 Å². The molecule has 29 heavy (non-hydrogen) atoms. The molecule has 2 aromatic heterocycles. The van der Waals surface area contributed by atoms with E-state index in [0.717, 1.165) is 26.4 Å². The van der Waals surface area contributed by atoms with E-state index in [4.69, 9.17) is 0 Å². The molecular formula is C22H20N2O3S2. The van der Waals surface area contributed by atoms with Gasteiger partial charge < -0.3 is 0 Å². The molecule has 0 aliphatic heterocycles. The predicted octanol–water partition coefficient (Wildman–Crippen LogP) is 4.96. The van der Waals surface area contributed by atoms with Crippen molar-refractivity contribution in [3.05, 3.63) is 77.6 Å². The number of pyridine rings is 1. The van der Waals surface area contributed by atoms with E-state index in [9.17, 15) is 13.2 Å². The van der Waals surface area contributed by atoms with E-state index in [0.29, 0.717) is 10.5 Å². The Bertz CT molecular complexity index is 1260. The number of hydrogen-bond donors (Lipinski definition) is 0. The van der Waals surface area contributed by atoms with E-state index in [1.165, 1.54) is 13.2 Å². The van der Waals surface area contributed by atoms with Crippen LogP contribution in [0.25, 0.3) is 21.3 Å². The minimum absolute atomic E-state index is 0.0584. The Hall–Kier alpha value is -2.90. The lowest BCUT2D eigenvalue weighted by atomic mass is 10.1. The molecule has 0 aliphatic rings. The molecule has 0 radical (unpaired) electrons. The number of thiazole rings is 1. The molecule has 4 rings (SSSR count). The summed E-state index contributed by atoms with van der Waals surface area (Å²) in [5.74, 6) is 0.0584. The van der Waals surface area contributed by atoms with E-state index in [2.05, 4.69) is 16.0 Å². The van der Waals surface area contributed by atoms with Crippen molar-refractivity contribution < 1.29 is 13.2 Å². The van der Waals surface area contributed by atoms with Crippen LogP contribution in [0.5, 0.6) is 0 Å². The van der Waals surface area contributed by atoms with Crippen molar-refractivity contribution in [2.75, 3.05) is 6.26 Å². The average Bonchev–Trinajstić information content (AvgIpc) is 3.08. The van der Waals surface area contributed by atoms with Gasteiger partial charge in [-0.3, -0.25) is 9.78 Å². The van der Waals surface area contributed by atoms with Gasteiger partial charge in [-0.15, -0.1) is 11.3 Å². The van der Waals surface area contributed by atoms with Crippen LogP contribution in [-0.4, -0.2) is 30.4 Å². The van der Waals surface area contributed by atoms with Crippen molar-refractivity contribution in [3.8, 4) is 11.1 Å². The molecule has 0 bridgehead atoms. The normalized spacial score (nSPS) is 11.0. The molecule has 0 aliphatic carbocycles. The average molecular weight is 425 g/mol. The summed E-state index contributed by atoms with van der Waals surface area (Å²) < 4.78 is 24.4. The molecule has 2 aromatic carbocycles. The summed E-state index contributed by atoms with van der Waals surface area (Å²) in [6.07, 6.45) is 4.43. The van der Waals surface area contributed by atoms with Gasteiger partial charge in [-0.25, -0.2) is 13.4 Å². The smallest absolute Gasteiger partial charge is 0.175 e. The third-order valence-electron chi connectivity index (χ3n) is 4.16. The first kappa shape index (κ1) is 20.8. The quantitative estimate of drug-likeness (QED) is 0.435. The maximum Gasteiger partial charge on any atom is 0.175 e. The number of benzene rings is 2. The van der Waals surface area contributed by atoms with Gasteiger partial charge in [0.15, 0.2) is 15.6 Å². The summed E-state index contributed by atoms with van der Waals surface area (Å²) in [6.45, 7) is 3.51. The van der Waals surface area contributed by atoms with Crippen LogP contribution in [0.4, 0.5) is 0 Å². The first-order chi connectivity index (χ1) is 13.7. The molecular weight excluding hydrogens is 404 g/mol. The van der Waals surface area contributed by atoms with Gasteiger partial charge in [0.25, 0.3) is 0 Å². The number of ketones is 1. The summed E-state index contributed by atoms with van der Waals surface area (Å²) in [5.41, 5.74) is 3.56. The minimum atomic E-state index is -3.18. The van der Waals surface area contributed by atoms with E-state index in [1.807, 2.05) is 25.1 Å². The molecule has 0 amide bonds. The Labute approximate surface area is 174 Å². The molecule has 0 unspecified atom stereocenters. The number of hydrogen-bond acceptors (Lipinski definition) is 6. The maximum absolute atomic E-state index is 11.6. The summed E-state index contributed by atoms with van der Waals surface area (Å²) in [4.78, 5) is 19.2. The van der Waals surface area contributed by atoms with Gasteiger partial charge in [-0.2, -0.15) is 0 Å². The number of carbonyl (C=O) groups is 1. The van der Waals surface area contributed by atoms with Gasteiger partial charge in [0.1, 0.15) is 0 Å². The second-order valence-corrected chi connectivity index (χ2v) is 9.76. The Balaban J connectivity index is 0.000000224. The standard InChI is InChI=1S/C15H13NO2S2.C7H7NO/c1-10-16-14-7-6-12(9-15(14)19-10)11-4-3-5-13(8-11)20(2,17)18;1-6(9)7-3-2-4-8-5-7/h3-9H,1-2H3;2-5H,1H3. The van der Waals surface area contributed by atoms with Crippen LogP contribution in [0.1, 0.15) is 22.3 Å². The molecule has 2 heterocycles. The summed E-state index contributed by atoms with van der Waals surface area (Å²) in [7, 11) is -3.18. The fourth-order valence-electron chi connectivity index (χ4n) is 2.70. The molecule has 0 saturated carbocycles. The molecule has 0 fully saturated rings. The lowest BCUT2D eigenvalue weighted by molar-refractivity contribution is 0.101. The summed E-state index contributed by atoms with van der Waals surface area (Å²) in [6, 6.07) is 16.5. The Morgan fingerprint density at radius 2 is 1.76 bits per heavy atom. The van der Waals surface area contributed by atoms with Crippen LogP contribution in [-0.2, 0) is 9.84 Å². The van der Waals surface area contributed by atoms with Gasteiger partial charge in [0.2, 0.25) is 0 Å². The topological polar surface area (TPSA) is 77.0 Å². The lowest BCUT2D eigenvalue weighted by Crippen LogP contribution is -1.96. The summed E-state index contributed by atoms with van der Waals surface area (Å²) >= 11 is 1.64. The van der Waals surface area contributed by atoms with E-state index in [-0.39, 0.29) is 5.78 Å². The van der Waals surface area contributed by atoms with Crippen molar-refractivity contribution in [3.63, 3.8) is 0 Å². The van der Waals surface area contributed by atoms with Crippen LogP contribution in [0.2, 0.25) is 0 Å². The highest BCUT2D eigenvalue weighted by atomic mass is 32.2. The van der Waals surface area contributed by atoms with Gasteiger partial charge in [-0.1, -0.05) is 18.2 Å². The fourth-order valence-corrected chi connectivity index (χ4v) is 4.23. The Morgan fingerprint density at radius 1 is 1.00 bits per heavy atom. The van der Waals surface area contributed by atoms with E-state index < -0.39 is 9.84 Å². The fraction of sp³-hybridized carbons (Fsp3) is 0.136. The molecule has 0 spiro atoms. The molecule has 0 N–H and O–H groups in total. The molecule has 5 nitrogen and oxygen atoms in total. The van der Waals surface area contributed by atoms with Crippen molar-refractivity contribution in [1.29, 1.82) is 0 Å². The van der Waals surface area contributed by atoms with Crippen LogP contribution < -0.4 is 0 Å². The van der Waals surface area contributed by atoms with Gasteiger partial charge in [0.05, 0.1) is 20.1 Å². The number of nitrogens with zero attached hydrogens (tertiary/aromatic N) is 2. The van der Waals surface area contributed by atoms with Gasteiger partial charge >= 0.3 is 0 Å². The zero-order valence-electron chi connectivity index (χ0n) is 16.3. The number of fused-ring (bicyclic) bond motifs is 1. The highest BCUT2D eigenvalue weighted by Gasteiger charge is 2.09.